The lowest BCUT2D eigenvalue weighted by molar-refractivity contribution is -0.116. The van der Waals surface area contributed by atoms with Crippen molar-refractivity contribution in [1.29, 1.82) is 0 Å². The second-order valence-corrected chi connectivity index (χ2v) is 6.40. The monoisotopic (exact) mass is 417 g/mol. The standard InChI is InChI=1S/C21H19N7O3/c1-30-18-7-3-2-5-15(18)8-9-19(29)23-11-12-28-14-17(25-27-28)21-24-20(26-31-21)16-6-4-10-22-13-16/h2-10,13-14H,11-12H2,1H3,(H,23,29). The second kappa shape index (κ2) is 9.44. The summed E-state index contributed by atoms with van der Waals surface area (Å²) in [4.78, 5) is 20.4. The first-order valence-corrected chi connectivity index (χ1v) is 9.46. The summed E-state index contributed by atoms with van der Waals surface area (Å²) in [5, 5.41) is 14.8. The predicted molar refractivity (Wildman–Crippen MR) is 112 cm³/mol. The molecular formula is C21H19N7O3. The molecule has 0 unspecified atom stereocenters. The number of hydrogen-bond acceptors (Lipinski definition) is 8. The predicted octanol–water partition coefficient (Wildman–Crippen LogP) is 2.23. The molecule has 1 N–H and O–H groups in total. The third kappa shape index (κ3) is 4.99. The van der Waals surface area contributed by atoms with Crippen LogP contribution in [0.15, 0.2) is 65.6 Å². The molecule has 10 nitrogen and oxygen atoms in total. The number of nitrogens with zero attached hydrogens (tertiary/aromatic N) is 6. The Balaban J connectivity index is 1.30. The highest BCUT2D eigenvalue weighted by Crippen LogP contribution is 2.20. The number of rotatable bonds is 8. The van der Waals surface area contributed by atoms with E-state index in [0.717, 1.165) is 11.1 Å². The molecule has 4 rings (SSSR count). The average molecular weight is 417 g/mol. The first kappa shape index (κ1) is 20.0. The minimum Gasteiger partial charge on any atom is -0.496 e. The van der Waals surface area contributed by atoms with Gasteiger partial charge in [0.2, 0.25) is 11.7 Å². The van der Waals surface area contributed by atoms with Gasteiger partial charge in [-0.1, -0.05) is 28.6 Å². The van der Waals surface area contributed by atoms with E-state index in [1.165, 1.54) is 6.08 Å². The normalized spacial score (nSPS) is 11.0. The van der Waals surface area contributed by atoms with E-state index in [1.807, 2.05) is 30.3 Å². The molecule has 10 heteroatoms. The van der Waals surface area contributed by atoms with Crippen molar-refractivity contribution < 1.29 is 14.1 Å². The Labute approximate surface area is 177 Å². The zero-order chi connectivity index (χ0) is 21.5. The van der Waals surface area contributed by atoms with Gasteiger partial charge in [-0.2, -0.15) is 4.98 Å². The highest BCUT2D eigenvalue weighted by atomic mass is 16.5. The molecule has 1 aromatic carbocycles. The molecule has 3 aromatic heterocycles. The van der Waals surface area contributed by atoms with E-state index >= 15 is 0 Å². The highest BCUT2D eigenvalue weighted by molar-refractivity contribution is 5.92. The van der Waals surface area contributed by atoms with Crippen LogP contribution in [0.3, 0.4) is 0 Å². The summed E-state index contributed by atoms with van der Waals surface area (Å²) in [6.07, 6.45) is 8.16. The number of benzene rings is 1. The van der Waals surface area contributed by atoms with Crippen molar-refractivity contribution in [2.45, 2.75) is 6.54 Å². The summed E-state index contributed by atoms with van der Waals surface area (Å²) >= 11 is 0. The molecule has 156 valence electrons. The van der Waals surface area contributed by atoms with E-state index in [9.17, 15) is 4.79 Å². The summed E-state index contributed by atoms with van der Waals surface area (Å²) in [6.45, 7) is 0.813. The Hall–Kier alpha value is -4.34. The van der Waals surface area contributed by atoms with E-state index in [1.54, 1.807) is 42.5 Å². The van der Waals surface area contributed by atoms with Crippen molar-refractivity contribution in [3.63, 3.8) is 0 Å². The minimum absolute atomic E-state index is 0.218. The number of carbonyl (C=O) groups is 1. The molecule has 0 radical (unpaired) electrons. The van der Waals surface area contributed by atoms with Gasteiger partial charge in [-0.3, -0.25) is 9.78 Å². The van der Waals surface area contributed by atoms with Gasteiger partial charge in [0.25, 0.3) is 5.89 Å². The Morgan fingerprint density at radius 1 is 1.26 bits per heavy atom. The molecular weight excluding hydrogens is 398 g/mol. The van der Waals surface area contributed by atoms with Gasteiger partial charge in [0, 0.05) is 36.1 Å². The molecule has 0 fully saturated rings. The average Bonchev–Trinajstić information content (AvgIpc) is 3.48. The number of carbonyl (C=O) groups excluding carboxylic acids is 1. The summed E-state index contributed by atoms with van der Waals surface area (Å²) in [5.74, 6) is 1.17. The van der Waals surface area contributed by atoms with E-state index in [4.69, 9.17) is 9.26 Å². The van der Waals surface area contributed by atoms with Gasteiger partial charge in [-0.25, -0.2) is 4.68 Å². The van der Waals surface area contributed by atoms with Crippen LogP contribution >= 0.6 is 0 Å². The van der Waals surface area contributed by atoms with Crippen molar-refractivity contribution in [3.05, 3.63) is 66.6 Å². The maximum absolute atomic E-state index is 12.0. The van der Waals surface area contributed by atoms with Crippen LogP contribution in [0.1, 0.15) is 5.56 Å². The van der Waals surface area contributed by atoms with Crippen LogP contribution in [0.5, 0.6) is 5.75 Å². The number of para-hydroxylation sites is 1. The molecule has 31 heavy (non-hydrogen) atoms. The van der Waals surface area contributed by atoms with Crippen LogP contribution in [-0.4, -0.2) is 49.7 Å². The van der Waals surface area contributed by atoms with Gasteiger partial charge in [-0.15, -0.1) is 5.10 Å². The van der Waals surface area contributed by atoms with Crippen molar-refractivity contribution in [1.82, 2.24) is 35.4 Å². The fourth-order valence-electron chi connectivity index (χ4n) is 2.77. The van der Waals surface area contributed by atoms with Gasteiger partial charge in [-0.05, 0) is 24.3 Å². The Morgan fingerprint density at radius 3 is 3.00 bits per heavy atom. The van der Waals surface area contributed by atoms with E-state index < -0.39 is 0 Å². The summed E-state index contributed by atoms with van der Waals surface area (Å²) in [6, 6.07) is 11.1. The van der Waals surface area contributed by atoms with Crippen molar-refractivity contribution >= 4 is 12.0 Å². The minimum atomic E-state index is -0.218. The van der Waals surface area contributed by atoms with Gasteiger partial charge in [0.05, 0.1) is 19.9 Å². The lowest BCUT2D eigenvalue weighted by Crippen LogP contribution is -2.25. The van der Waals surface area contributed by atoms with Crippen LogP contribution in [0, 0.1) is 0 Å². The molecule has 0 aliphatic heterocycles. The van der Waals surface area contributed by atoms with Gasteiger partial charge in [0.15, 0.2) is 5.69 Å². The van der Waals surface area contributed by atoms with E-state index in [2.05, 4.69) is 30.8 Å². The quantitative estimate of drug-likeness (QED) is 0.433. The third-order valence-corrected chi connectivity index (χ3v) is 4.30. The summed E-state index contributed by atoms with van der Waals surface area (Å²) < 4.78 is 12.1. The smallest absolute Gasteiger partial charge is 0.280 e. The van der Waals surface area contributed by atoms with Crippen LogP contribution in [0.2, 0.25) is 0 Å². The van der Waals surface area contributed by atoms with Crippen LogP contribution in [0.4, 0.5) is 0 Å². The zero-order valence-electron chi connectivity index (χ0n) is 16.7. The fourth-order valence-corrected chi connectivity index (χ4v) is 2.77. The fraction of sp³-hybridized carbons (Fsp3) is 0.143. The van der Waals surface area contributed by atoms with Crippen LogP contribution in [0.25, 0.3) is 29.0 Å². The number of hydrogen-bond donors (Lipinski definition) is 1. The van der Waals surface area contributed by atoms with E-state index in [-0.39, 0.29) is 11.8 Å². The number of aromatic nitrogens is 6. The van der Waals surface area contributed by atoms with Gasteiger partial charge >= 0.3 is 0 Å². The summed E-state index contributed by atoms with van der Waals surface area (Å²) in [7, 11) is 1.59. The van der Waals surface area contributed by atoms with Crippen molar-refractivity contribution in [2.75, 3.05) is 13.7 Å². The molecule has 0 bridgehead atoms. The third-order valence-electron chi connectivity index (χ3n) is 4.30. The van der Waals surface area contributed by atoms with Crippen LogP contribution < -0.4 is 10.1 Å². The molecule has 4 aromatic rings. The number of ether oxygens (including phenoxy) is 1. The van der Waals surface area contributed by atoms with Gasteiger partial charge in [0.1, 0.15) is 5.75 Å². The number of amides is 1. The van der Waals surface area contributed by atoms with Crippen molar-refractivity contribution in [2.24, 2.45) is 0 Å². The maximum atomic E-state index is 12.0. The molecule has 3 heterocycles. The zero-order valence-corrected chi connectivity index (χ0v) is 16.7. The molecule has 0 saturated heterocycles. The van der Waals surface area contributed by atoms with E-state index in [0.29, 0.717) is 30.4 Å². The number of pyridine rings is 1. The molecule has 0 aliphatic rings. The number of methoxy groups -OCH3 is 1. The maximum Gasteiger partial charge on any atom is 0.280 e. The first-order valence-electron chi connectivity index (χ1n) is 9.46. The Kier molecular flexibility index (Phi) is 6.08. The van der Waals surface area contributed by atoms with Gasteiger partial charge < -0.3 is 14.6 Å². The largest absolute Gasteiger partial charge is 0.496 e. The molecule has 0 atom stereocenters. The Morgan fingerprint density at radius 2 is 2.16 bits per heavy atom. The lowest BCUT2D eigenvalue weighted by atomic mass is 10.2. The van der Waals surface area contributed by atoms with Crippen LogP contribution in [-0.2, 0) is 11.3 Å². The number of nitrogens with one attached hydrogen (secondary N) is 1. The molecule has 0 spiro atoms. The second-order valence-electron chi connectivity index (χ2n) is 6.40. The highest BCUT2D eigenvalue weighted by Gasteiger charge is 2.14. The van der Waals surface area contributed by atoms with Crippen molar-refractivity contribution in [3.8, 4) is 28.7 Å². The lowest BCUT2D eigenvalue weighted by Gasteiger charge is -2.04. The molecule has 0 saturated carbocycles. The topological polar surface area (TPSA) is 121 Å². The molecule has 0 aliphatic carbocycles. The first-order chi connectivity index (χ1) is 15.2. The SMILES string of the molecule is COc1ccccc1C=CC(=O)NCCn1cc(-c2nc(-c3cccnc3)no2)nn1. The molecule has 1 amide bonds. The Bertz CT molecular complexity index is 1180. The summed E-state index contributed by atoms with van der Waals surface area (Å²) in [5.41, 5.74) is 2.02.